The first-order valence-electron chi connectivity index (χ1n) is 7.09. The fourth-order valence-electron chi connectivity index (χ4n) is 2.22. The number of benzene rings is 2. The van der Waals surface area contributed by atoms with Crippen LogP contribution in [0.25, 0.3) is 6.08 Å². The van der Waals surface area contributed by atoms with Crippen molar-refractivity contribution in [3.63, 3.8) is 0 Å². The van der Waals surface area contributed by atoms with Crippen LogP contribution in [0.4, 0.5) is 5.69 Å². The number of carbonyl (C=O) groups excluding carboxylic acids is 1. The summed E-state index contributed by atoms with van der Waals surface area (Å²) in [5.41, 5.74) is 0.987. The molecule has 1 aliphatic heterocycles. The summed E-state index contributed by atoms with van der Waals surface area (Å²) in [6.45, 7) is 0. The Morgan fingerprint density at radius 1 is 1.24 bits per heavy atom. The van der Waals surface area contributed by atoms with Crippen LogP contribution in [-0.2, 0) is 9.53 Å². The first-order valence-corrected chi connectivity index (χ1v) is 7.88. The Balaban J connectivity index is 1.96. The average Bonchev–Trinajstić information content (AvgIpc) is 2.97. The number of hydrogen-bond acceptors (Lipinski definition) is 6. The molecule has 0 spiro atoms. The summed E-state index contributed by atoms with van der Waals surface area (Å²) in [7, 11) is 1.34. The molecule has 8 heteroatoms. The van der Waals surface area contributed by atoms with E-state index in [1.807, 2.05) is 24.3 Å². The largest absolute Gasteiger partial charge is 0.490 e. The Bertz CT molecular complexity index is 919. The standard InChI is InChI=1S/C17H11BrN2O5/c1-24-15-7-4-11(9-14(15)20(22)23)16-19-13(17(21)25-16)8-10-2-5-12(18)6-3-10/h2-9H,1H3/b13-8-. The molecule has 3 rings (SSSR count). The predicted molar refractivity (Wildman–Crippen MR) is 94.4 cm³/mol. The number of nitro groups is 1. The van der Waals surface area contributed by atoms with Crippen molar-refractivity contribution >= 4 is 39.6 Å². The molecule has 0 saturated heterocycles. The zero-order chi connectivity index (χ0) is 18.0. The van der Waals surface area contributed by atoms with Gasteiger partial charge in [-0.1, -0.05) is 28.1 Å². The second-order valence-corrected chi connectivity index (χ2v) is 5.95. The van der Waals surface area contributed by atoms with Crippen molar-refractivity contribution in [2.45, 2.75) is 0 Å². The van der Waals surface area contributed by atoms with Crippen LogP contribution in [0.5, 0.6) is 5.75 Å². The average molecular weight is 403 g/mol. The number of methoxy groups -OCH3 is 1. The van der Waals surface area contributed by atoms with Gasteiger partial charge in [0, 0.05) is 16.1 Å². The number of esters is 1. The number of carbonyl (C=O) groups is 1. The lowest BCUT2D eigenvalue weighted by molar-refractivity contribution is -0.385. The highest BCUT2D eigenvalue weighted by molar-refractivity contribution is 9.10. The summed E-state index contributed by atoms with van der Waals surface area (Å²) in [6.07, 6.45) is 1.58. The summed E-state index contributed by atoms with van der Waals surface area (Å²) in [6, 6.07) is 11.5. The molecule has 126 valence electrons. The molecule has 25 heavy (non-hydrogen) atoms. The van der Waals surface area contributed by atoms with Crippen LogP contribution in [0.15, 0.2) is 57.6 Å². The second-order valence-electron chi connectivity index (χ2n) is 5.03. The minimum absolute atomic E-state index is 0.0131. The summed E-state index contributed by atoms with van der Waals surface area (Å²) in [4.78, 5) is 26.7. The van der Waals surface area contributed by atoms with E-state index in [0.717, 1.165) is 10.0 Å². The Morgan fingerprint density at radius 3 is 2.60 bits per heavy atom. The topological polar surface area (TPSA) is 91.0 Å². The molecular weight excluding hydrogens is 392 g/mol. The number of ether oxygens (including phenoxy) is 2. The first-order chi connectivity index (χ1) is 12.0. The lowest BCUT2D eigenvalue weighted by atomic mass is 10.2. The zero-order valence-electron chi connectivity index (χ0n) is 12.9. The van der Waals surface area contributed by atoms with E-state index in [0.29, 0.717) is 5.56 Å². The van der Waals surface area contributed by atoms with E-state index in [2.05, 4.69) is 20.9 Å². The minimum atomic E-state index is -0.614. The summed E-state index contributed by atoms with van der Waals surface area (Å²) in [5.74, 6) is -0.486. The van der Waals surface area contributed by atoms with Crippen LogP contribution in [0, 0.1) is 10.1 Å². The lowest BCUT2D eigenvalue weighted by Gasteiger charge is -2.03. The van der Waals surface area contributed by atoms with Crippen molar-refractivity contribution in [3.05, 3.63) is 73.9 Å². The van der Waals surface area contributed by atoms with Gasteiger partial charge in [-0.05, 0) is 35.9 Å². The summed E-state index contributed by atoms with van der Waals surface area (Å²) in [5, 5.41) is 11.1. The van der Waals surface area contributed by atoms with Crippen molar-refractivity contribution < 1.29 is 19.2 Å². The van der Waals surface area contributed by atoms with Gasteiger partial charge in [-0.2, -0.15) is 0 Å². The zero-order valence-corrected chi connectivity index (χ0v) is 14.5. The number of aliphatic imine (C=N–C) groups is 1. The molecule has 2 aromatic carbocycles. The monoisotopic (exact) mass is 402 g/mol. The third-order valence-electron chi connectivity index (χ3n) is 3.42. The smallest absolute Gasteiger partial charge is 0.363 e. The van der Waals surface area contributed by atoms with Gasteiger partial charge in [0.1, 0.15) is 0 Å². The Morgan fingerprint density at radius 2 is 1.96 bits per heavy atom. The van der Waals surface area contributed by atoms with Gasteiger partial charge in [-0.25, -0.2) is 9.79 Å². The van der Waals surface area contributed by atoms with E-state index in [4.69, 9.17) is 9.47 Å². The third-order valence-corrected chi connectivity index (χ3v) is 3.95. The van der Waals surface area contributed by atoms with Gasteiger partial charge < -0.3 is 9.47 Å². The molecule has 2 aromatic rings. The fourth-order valence-corrected chi connectivity index (χ4v) is 2.48. The SMILES string of the molecule is COc1ccc(C2=N/C(=C\c3ccc(Br)cc3)C(=O)O2)cc1[N+](=O)[O-]. The number of nitrogens with zero attached hydrogens (tertiary/aromatic N) is 2. The van der Waals surface area contributed by atoms with E-state index in [-0.39, 0.29) is 23.0 Å². The van der Waals surface area contributed by atoms with Gasteiger partial charge in [-0.3, -0.25) is 10.1 Å². The van der Waals surface area contributed by atoms with Crippen LogP contribution >= 0.6 is 15.9 Å². The van der Waals surface area contributed by atoms with Gasteiger partial charge in [0.05, 0.1) is 12.0 Å². The molecule has 1 aliphatic rings. The van der Waals surface area contributed by atoms with Gasteiger partial charge in [-0.15, -0.1) is 0 Å². The van der Waals surface area contributed by atoms with Crippen molar-refractivity contribution in [1.29, 1.82) is 0 Å². The van der Waals surface area contributed by atoms with Gasteiger partial charge >= 0.3 is 11.7 Å². The van der Waals surface area contributed by atoms with Crippen LogP contribution in [-0.4, -0.2) is 23.9 Å². The van der Waals surface area contributed by atoms with Crippen molar-refractivity contribution in [1.82, 2.24) is 0 Å². The Hall–Kier alpha value is -3.00. The van der Waals surface area contributed by atoms with Crippen molar-refractivity contribution in [2.75, 3.05) is 7.11 Å². The maximum atomic E-state index is 12.0. The molecule has 0 amide bonds. The Kier molecular flexibility index (Phi) is 4.62. The van der Waals surface area contributed by atoms with Crippen LogP contribution in [0.2, 0.25) is 0 Å². The number of halogens is 1. The molecule has 0 aliphatic carbocycles. The molecule has 0 bridgehead atoms. The molecular formula is C17H11BrN2O5. The number of nitro benzene ring substituents is 1. The van der Waals surface area contributed by atoms with Gasteiger partial charge in [0.15, 0.2) is 11.4 Å². The number of hydrogen-bond donors (Lipinski definition) is 0. The normalized spacial score (nSPS) is 15.0. The first kappa shape index (κ1) is 16.8. The second kappa shape index (κ2) is 6.86. The molecule has 7 nitrogen and oxygen atoms in total. The van der Waals surface area contributed by atoms with E-state index in [9.17, 15) is 14.9 Å². The van der Waals surface area contributed by atoms with Crippen LogP contribution < -0.4 is 4.74 Å². The maximum absolute atomic E-state index is 12.0. The number of rotatable bonds is 4. The highest BCUT2D eigenvalue weighted by Gasteiger charge is 2.26. The van der Waals surface area contributed by atoms with Crippen LogP contribution in [0.1, 0.15) is 11.1 Å². The van der Waals surface area contributed by atoms with Crippen LogP contribution in [0.3, 0.4) is 0 Å². The Labute approximate surface area is 150 Å². The van der Waals surface area contributed by atoms with Crippen molar-refractivity contribution in [2.24, 2.45) is 4.99 Å². The molecule has 0 radical (unpaired) electrons. The quantitative estimate of drug-likeness (QED) is 0.336. The molecule has 0 unspecified atom stereocenters. The molecule has 1 heterocycles. The number of cyclic esters (lactones) is 1. The highest BCUT2D eigenvalue weighted by Crippen LogP contribution is 2.29. The maximum Gasteiger partial charge on any atom is 0.363 e. The fraction of sp³-hybridized carbons (Fsp3) is 0.0588. The predicted octanol–water partition coefficient (Wildman–Crippen LogP) is 3.71. The van der Waals surface area contributed by atoms with E-state index >= 15 is 0 Å². The van der Waals surface area contributed by atoms with Crippen molar-refractivity contribution in [3.8, 4) is 5.75 Å². The van der Waals surface area contributed by atoms with Gasteiger partial charge in [0.2, 0.25) is 5.90 Å². The molecule has 0 saturated carbocycles. The molecule has 0 fully saturated rings. The van der Waals surface area contributed by atoms with E-state index < -0.39 is 10.9 Å². The van der Waals surface area contributed by atoms with Gasteiger partial charge in [0.25, 0.3) is 0 Å². The molecule has 0 N–H and O–H groups in total. The molecule has 0 atom stereocenters. The van der Waals surface area contributed by atoms with E-state index in [1.165, 1.54) is 19.2 Å². The molecule has 0 aromatic heterocycles. The highest BCUT2D eigenvalue weighted by atomic mass is 79.9. The lowest BCUT2D eigenvalue weighted by Crippen LogP contribution is -2.06. The summed E-state index contributed by atoms with van der Waals surface area (Å²) < 4.78 is 11.0. The third kappa shape index (κ3) is 3.58. The summed E-state index contributed by atoms with van der Waals surface area (Å²) >= 11 is 3.34. The minimum Gasteiger partial charge on any atom is -0.490 e. The van der Waals surface area contributed by atoms with E-state index in [1.54, 1.807) is 12.1 Å².